The first-order valence-electron chi connectivity index (χ1n) is 7.34. The summed E-state index contributed by atoms with van der Waals surface area (Å²) in [5.74, 6) is -1.15. The van der Waals surface area contributed by atoms with Crippen molar-refractivity contribution in [2.75, 3.05) is 13.1 Å². The molecule has 4 nitrogen and oxygen atoms in total. The Morgan fingerprint density at radius 3 is 2.55 bits per heavy atom. The summed E-state index contributed by atoms with van der Waals surface area (Å²) in [6.07, 6.45) is 0.219. The van der Waals surface area contributed by atoms with Gasteiger partial charge in [-0.2, -0.15) is 0 Å². The number of hydrogen-bond acceptors (Lipinski definition) is 3. The Labute approximate surface area is 130 Å². The van der Waals surface area contributed by atoms with Crippen LogP contribution in [-0.2, 0) is 4.74 Å². The summed E-state index contributed by atoms with van der Waals surface area (Å²) < 4.78 is 31.5. The highest BCUT2D eigenvalue weighted by Gasteiger charge is 2.15. The van der Waals surface area contributed by atoms with E-state index >= 15 is 0 Å². The van der Waals surface area contributed by atoms with Gasteiger partial charge in [-0.05, 0) is 46.7 Å². The smallest absolute Gasteiger partial charge is 0.407 e. The summed E-state index contributed by atoms with van der Waals surface area (Å²) in [6.45, 7) is 8.25. The van der Waals surface area contributed by atoms with Gasteiger partial charge in [0.2, 0.25) is 0 Å². The molecule has 0 fully saturated rings. The molecule has 0 aliphatic heterocycles. The van der Waals surface area contributed by atoms with Gasteiger partial charge in [0.15, 0.2) is 0 Å². The van der Waals surface area contributed by atoms with E-state index < -0.39 is 23.3 Å². The van der Waals surface area contributed by atoms with Crippen molar-refractivity contribution in [1.29, 1.82) is 0 Å². The van der Waals surface area contributed by atoms with Crippen LogP contribution in [0.25, 0.3) is 0 Å². The van der Waals surface area contributed by atoms with Gasteiger partial charge in [0.25, 0.3) is 0 Å². The summed E-state index contributed by atoms with van der Waals surface area (Å²) in [7, 11) is 0. The molecule has 2 N–H and O–H groups in total. The van der Waals surface area contributed by atoms with Crippen molar-refractivity contribution in [2.45, 2.75) is 45.8 Å². The van der Waals surface area contributed by atoms with Crippen LogP contribution < -0.4 is 10.6 Å². The molecule has 0 saturated carbocycles. The number of ether oxygens (including phenoxy) is 1. The van der Waals surface area contributed by atoms with Crippen LogP contribution in [0.1, 0.15) is 45.7 Å². The summed E-state index contributed by atoms with van der Waals surface area (Å²) >= 11 is 0. The third-order valence-electron chi connectivity index (χ3n) is 2.90. The molecule has 1 aromatic rings. The first kappa shape index (κ1) is 18.4. The SMILES string of the molecule is CC(NCCCNC(=O)OC(C)(C)C)c1ccc(F)cc1F. The van der Waals surface area contributed by atoms with Crippen LogP contribution in [0.15, 0.2) is 18.2 Å². The van der Waals surface area contributed by atoms with Crippen LogP contribution in [0.2, 0.25) is 0 Å². The molecule has 0 aliphatic carbocycles. The molecule has 0 heterocycles. The van der Waals surface area contributed by atoms with E-state index in [1.165, 1.54) is 12.1 Å². The zero-order chi connectivity index (χ0) is 16.8. The molecule has 1 atom stereocenters. The summed E-state index contributed by atoms with van der Waals surface area (Å²) in [5, 5.41) is 5.77. The molecular weight excluding hydrogens is 290 g/mol. The van der Waals surface area contributed by atoms with E-state index in [-0.39, 0.29) is 6.04 Å². The predicted molar refractivity (Wildman–Crippen MR) is 81.6 cm³/mol. The van der Waals surface area contributed by atoms with Gasteiger partial charge in [-0.3, -0.25) is 0 Å². The molecule has 6 heteroatoms. The largest absolute Gasteiger partial charge is 0.444 e. The molecule has 124 valence electrons. The Morgan fingerprint density at radius 2 is 1.95 bits per heavy atom. The highest BCUT2D eigenvalue weighted by Crippen LogP contribution is 2.17. The van der Waals surface area contributed by atoms with E-state index in [0.29, 0.717) is 25.1 Å². The van der Waals surface area contributed by atoms with Crippen LogP contribution >= 0.6 is 0 Å². The number of carbonyl (C=O) groups is 1. The van der Waals surface area contributed by atoms with Gasteiger partial charge in [-0.25, -0.2) is 13.6 Å². The van der Waals surface area contributed by atoms with Crippen molar-refractivity contribution in [2.24, 2.45) is 0 Å². The van der Waals surface area contributed by atoms with Crippen LogP contribution in [-0.4, -0.2) is 24.8 Å². The first-order chi connectivity index (χ1) is 10.2. The molecule has 22 heavy (non-hydrogen) atoms. The Balaban J connectivity index is 2.26. The average molecular weight is 314 g/mol. The van der Waals surface area contributed by atoms with Crippen LogP contribution in [0.4, 0.5) is 13.6 Å². The number of amides is 1. The topological polar surface area (TPSA) is 50.4 Å². The number of nitrogens with one attached hydrogen (secondary N) is 2. The highest BCUT2D eigenvalue weighted by molar-refractivity contribution is 5.67. The number of halogens is 2. The average Bonchev–Trinajstić information content (AvgIpc) is 2.35. The van der Waals surface area contributed by atoms with E-state index in [2.05, 4.69) is 10.6 Å². The molecule has 1 aromatic carbocycles. The third-order valence-corrected chi connectivity index (χ3v) is 2.90. The maximum absolute atomic E-state index is 13.6. The number of carbonyl (C=O) groups excluding carboxylic acids is 1. The second-order valence-corrected chi connectivity index (χ2v) is 6.12. The van der Waals surface area contributed by atoms with Gasteiger partial charge in [0, 0.05) is 24.2 Å². The van der Waals surface area contributed by atoms with Crippen LogP contribution in [0.3, 0.4) is 0 Å². The van der Waals surface area contributed by atoms with E-state index in [4.69, 9.17) is 4.74 Å². The van der Waals surface area contributed by atoms with E-state index in [1.54, 1.807) is 27.7 Å². The van der Waals surface area contributed by atoms with Gasteiger partial charge in [-0.15, -0.1) is 0 Å². The summed E-state index contributed by atoms with van der Waals surface area (Å²) in [6, 6.07) is 3.31. The van der Waals surface area contributed by atoms with Gasteiger partial charge >= 0.3 is 6.09 Å². The van der Waals surface area contributed by atoms with Gasteiger partial charge in [0.05, 0.1) is 0 Å². The maximum Gasteiger partial charge on any atom is 0.407 e. The van der Waals surface area contributed by atoms with Crippen LogP contribution in [0.5, 0.6) is 0 Å². The molecule has 0 radical (unpaired) electrons. The van der Waals surface area contributed by atoms with Gasteiger partial charge in [0.1, 0.15) is 17.2 Å². The predicted octanol–water partition coefficient (Wildman–Crippen LogP) is 3.53. The fourth-order valence-corrected chi connectivity index (χ4v) is 1.87. The Morgan fingerprint density at radius 1 is 1.27 bits per heavy atom. The van der Waals surface area contributed by atoms with E-state index in [9.17, 15) is 13.6 Å². The lowest BCUT2D eigenvalue weighted by atomic mass is 10.1. The van der Waals surface area contributed by atoms with Crippen molar-refractivity contribution in [3.8, 4) is 0 Å². The second-order valence-electron chi connectivity index (χ2n) is 6.12. The Kier molecular flexibility index (Phi) is 6.74. The van der Waals surface area contributed by atoms with Crippen molar-refractivity contribution in [3.05, 3.63) is 35.4 Å². The minimum atomic E-state index is -0.588. The fourth-order valence-electron chi connectivity index (χ4n) is 1.87. The molecule has 1 amide bonds. The van der Waals surface area contributed by atoms with Gasteiger partial charge in [-0.1, -0.05) is 6.07 Å². The summed E-state index contributed by atoms with van der Waals surface area (Å²) in [5.41, 5.74) is -0.0989. The lowest BCUT2D eigenvalue weighted by molar-refractivity contribution is 0.0527. The number of hydrogen-bond donors (Lipinski definition) is 2. The quantitative estimate of drug-likeness (QED) is 0.790. The Bertz CT molecular complexity index is 501. The van der Waals surface area contributed by atoms with E-state index in [0.717, 1.165) is 6.07 Å². The lowest BCUT2D eigenvalue weighted by Crippen LogP contribution is -2.34. The minimum Gasteiger partial charge on any atom is -0.444 e. The number of alkyl carbamates (subject to hydrolysis) is 1. The number of rotatable bonds is 6. The monoisotopic (exact) mass is 314 g/mol. The summed E-state index contributed by atoms with van der Waals surface area (Å²) in [4.78, 5) is 11.4. The molecule has 0 aliphatic rings. The standard InChI is InChI=1S/C16H24F2N2O2/c1-11(13-7-6-12(17)10-14(13)18)19-8-5-9-20-15(21)22-16(2,3)4/h6-7,10-11,19H,5,8-9H2,1-4H3,(H,20,21). The van der Waals surface area contributed by atoms with Gasteiger partial charge < -0.3 is 15.4 Å². The second kappa shape index (κ2) is 8.08. The normalized spacial score (nSPS) is 12.8. The fraction of sp³-hybridized carbons (Fsp3) is 0.562. The maximum atomic E-state index is 13.6. The molecule has 0 bridgehead atoms. The molecule has 1 rings (SSSR count). The third kappa shape index (κ3) is 6.85. The van der Waals surface area contributed by atoms with Crippen molar-refractivity contribution in [3.63, 3.8) is 0 Å². The molecule has 1 unspecified atom stereocenters. The van der Waals surface area contributed by atoms with Crippen LogP contribution in [0, 0.1) is 11.6 Å². The first-order valence-corrected chi connectivity index (χ1v) is 7.34. The molecule has 0 spiro atoms. The molecule has 0 saturated heterocycles. The van der Waals surface area contributed by atoms with E-state index in [1.807, 2.05) is 0 Å². The molecular formula is C16H24F2N2O2. The lowest BCUT2D eigenvalue weighted by Gasteiger charge is -2.20. The number of benzene rings is 1. The minimum absolute atomic E-state index is 0.234. The zero-order valence-electron chi connectivity index (χ0n) is 13.5. The van der Waals surface area contributed by atoms with Crippen molar-refractivity contribution >= 4 is 6.09 Å². The highest BCUT2D eigenvalue weighted by atomic mass is 19.1. The van der Waals surface area contributed by atoms with Crippen molar-refractivity contribution < 1.29 is 18.3 Å². The zero-order valence-corrected chi connectivity index (χ0v) is 13.5. The Hall–Kier alpha value is -1.69. The van der Waals surface area contributed by atoms with Crippen molar-refractivity contribution in [1.82, 2.24) is 10.6 Å². The molecule has 0 aromatic heterocycles.